The molecule has 14 heavy (non-hydrogen) atoms. The molecule has 0 aliphatic heterocycles. The van der Waals surface area contributed by atoms with Crippen molar-refractivity contribution in [2.75, 3.05) is 6.61 Å². The number of carboxylic acid groups (broad SMARTS) is 1. The summed E-state index contributed by atoms with van der Waals surface area (Å²) in [4.78, 5) is 18.4. The van der Waals surface area contributed by atoms with Crippen molar-refractivity contribution in [1.29, 1.82) is 0 Å². The monoisotopic (exact) mass is 196 g/mol. The third kappa shape index (κ3) is 3.01. The Labute approximate surface area is 81.8 Å². The van der Waals surface area contributed by atoms with Gasteiger partial charge in [-0.25, -0.2) is 9.78 Å². The van der Waals surface area contributed by atoms with Crippen LogP contribution in [-0.2, 0) is 11.2 Å². The van der Waals surface area contributed by atoms with E-state index in [4.69, 9.17) is 9.84 Å². The molecule has 0 fully saturated rings. The Bertz CT molecular complexity index is 339. The molecule has 0 radical (unpaired) electrons. The lowest BCUT2D eigenvalue weighted by Gasteiger charge is -2.04. The average molecular weight is 196 g/mol. The minimum atomic E-state index is -1.01. The van der Waals surface area contributed by atoms with Crippen LogP contribution >= 0.6 is 0 Å². The molecule has 0 atom stereocenters. The number of aryl methyl sites for hydroxylation is 2. The molecule has 0 saturated heterocycles. The molecule has 76 valence electrons. The summed E-state index contributed by atoms with van der Waals surface area (Å²) in [6, 6.07) is 1.61. The molecule has 0 saturated carbocycles. The number of aliphatic carboxylic acids is 1. The molecule has 1 heterocycles. The SMILES string of the molecule is CCc1nc(C)cc(OCC(=O)O)n1. The molecule has 1 rings (SSSR count). The van der Waals surface area contributed by atoms with Crippen LogP contribution in [0.4, 0.5) is 0 Å². The zero-order valence-corrected chi connectivity index (χ0v) is 8.15. The van der Waals surface area contributed by atoms with Crippen molar-refractivity contribution in [2.45, 2.75) is 20.3 Å². The summed E-state index contributed by atoms with van der Waals surface area (Å²) in [5.74, 6) is -0.0403. The molecule has 5 heteroatoms. The predicted molar refractivity (Wildman–Crippen MR) is 49.3 cm³/mol. The molecule has 5 nitrogen and oxygen atoms in total. The van der Waals surface area contributed by atoms with Gasteiger partial charge in [0.15, 0.2) is 6.61 Å². The van der Waals surface area contributed by atoms with Gasteiger partial charge in [0.05, 0.1) is 0 Å². The molecule has 0 unspecified atom stereocenters. The van der Waals surface area contributed by atoms with E-state index in [1.165, 1.54) is 0 Å². The highest BCUT2D eigenvalue weighted by atomic mass is 16.5. The molecule has 0 bridgehead atoms. The van der Waals surface area contributed by atoms with Gasteiger partial charge in [-0.05, 0) is 6.92 Å². The van der Waals surface area contributed by atoms with Crippen LogP contribution < -0.4 is 4.74 Å². The van der Waals surface area contributed by atoms with Gasteiger partial charge in [0, 0.05) is 18.2 Å². The van der Waals surface area contributed by atoms with E-state index < -0.39 is 5.97 Å². The summed E-state index contributed by atoms with van der Waals surface area (Å²) in [6.07, 6.45) is 0.700. The maximum absolute atomic E-state index is 10.2. The molecule has 0 spiro atoms. The lowest BCUT2D eigenvalue weighted by atomic mass is 10.4. The maximum atomic E-state index is 10.2. The second kappa shape index (κ2) is 4.55. The van der Waals surface area contributed by atoms with E-state index in [0.29, 0.717) is 18.1 Å². The average Bonchev–Trinajstić information content (AvgIpc) is 2.14. The van der Waals surface area contributed by atoms with Crippen LogP contribution in [0.25, 0.3) is 0 Å². The van der Waals surface area contributed by atoms with E-state index in [-0.39, 0.29) is 6.61 Å². The van der Waals surface area contributed by atoms with E-state index >= 15 is 0 Å². The summed E-state index contributed by atoms with van der Waals surface area (Å²) in [6.45, 7) is 3.36. The summed E-state index contributed by atoms with van der Waals surface area (Å²) < 4.78 is 4.94. The van der Waals surface area contributed by atoms with Crippen LogP contribution in [0, 0.1) is 6.92 Å². The molecule has 0 aliphatic rings. The van der Waals surface area contributed by atoms with Crippen LogP contribution in [0.1, 0.15) is 18.4 Å². The van der Waals surface area contributed by atoms with Crippen molar-refractivity contribution in [1.82, 2.24) is 9.97 Å². The predicted octanol–water partition coefficient (Wildman–Crippen LogP) is 0.811. The van der Waals surface area contributed by atoms with E-state index in [2.05, 4.69) is 9.97 Å². The Morgan fingerprint density at radius 1 is 1.57 bits per heavy atom. The van der Waals surface area contributed by atoms with Gasteiger partial charge < -0.3 is 9.84 Å². The first kappa shape index (κ1) is 10.4. The van der Waals surface area contributed by atoms with Crippen molar-refractivity contribution in [3.05, 3.63) is 17.6 Å². The van der Waals surface area contributed by atoms with Crippen LogP contribution in [-0.4, -0.2) is 27.7 Å². The highest BCUT2D eigenvalue weighted by Gasteiger charge is 2.03. The van der Waals surface area contributed by atoms with Gasteiger partial charge in [-0.2, -0.15) is 4.98 Å². The van der Waals surface area contributed by atoms with Crippen LogP contribution in [0.3, 0.4) is 0 Å². The Morgan fingerprint density at radius 3 is 2.86 bits per heavy atom. The maximum Gasteiger partial charge on any atom is 0.341 e. The summed E-state index contributed by atoms with van der Waals surface area (Å²) in [5, 5.41) is 8.40. The van der Waals surface area contributed by atoms with Gasteiger partial charge in [-0.3, -0.25) is 0 Å². The van der Waals surface area contributed by atoms with Crippen molar-refractivity contribution in [3.63, 3.8) is 0 Å². The van der Waals surface area contributed by atoms with Gasteiger partial charge in [-0.1, -0.05) is 6.92 Å². The van der Waals surface area contributed by atoms with Gasteiger partial charge in [0.1, 0.15) is 5.82 Å². The highest BCUT2D eigenvalue weighted by Crippen LogP contribution is 2.08. The van der Waals surface area contributed by atoms with Crippen molar-refractivity contribution < 1.29 is 14.6 Å². The Morgan fingerprint density at radius 2 is 2.29 bits per heavy atom. The van der Waals surface area contributed by atoms with Crippen molar-refractivity contribution in [3.8, 4) is 5.88 Å². The molecular formula is C9H12N2O3. The van der Waals surface area contributed by atoms with Crippen LogP contribution in [0.5, 0.6) is 5.88 Å². The first-order valence-corrected chi connectivity index (χ1v) is 4.31. The zero-order valence-electron chi connectivity index (χ0n) is 8.15. The van der Waals surface area contributed by atoms with Gasteiger partial charge in [0.2, 0.25) is 5.88 Å². The quantitative estimate of drug-likeness (QED) is 0.771. The molecule has 0 aromatic carbocycles. The topological polar surface area (TPSA) is 72.3 Å². The normalized spacial score (nSPS) is 9.86. The van der Waals surface area contributed by atoms with E-state index in [1.54, 1.807) is 6.07 Å². The number of nitrogens with zero attached hydrogens (tertiary/aromatic N) is 2. The van der Waals surface area contributed by atoms with Crippen LogP contribution in [0.15, 0.2) is 6.07 Å². The van der Waals surface area contributed by atoms with E-state index in [9.17, 15) is 4.79 Å². The van der Waals surface area contributed by atoms with Crippen molar-refractivity contribution in [2.24, 2.45) is 0 Å². The summed E-state index contributed by atoms with van der Waals surface area (Å²) >= 11 is 0. The van der Waals surface area contributed by atoms with Crippen LogP contribution in [0.2, 0.25) is 0 Å². The fourth-order valence-electron chi connectivity index (χ4n) is 0.967. The highest BCUT2D eigenvalue weighted by molar-refractivity contribution is 5.68. The molecule has 0 aliphatic carbocycles. The van der Waals surface area contributed by atoms with Gasteiger partial charge >= 0.3 is 5.97 Å². The minimum Gasteiger partial charge on any atom is -0.479 e. The molecular weight excluding hydrogens is 184 g/mol. The number of hydrogen-bond acceptors (Lipinski definition) is 4. The van der Waals surface area contributed by atoms with Crippen molar-refractivity contribution >= 4 is 5.97 Å². The number of hydrogen-bond donors (Lipinski definition) is 1. The number of aromatic nitrogens is 2. The second-order valence-corrected chi connectivity index (χ2v) is 2.80. The summed E-state index contributed by atoms with van der Waals surface area (Å²) in [5.41, 5.74) is 0.775. The number of rotatable bonds is 4. The van der Waals surface area contributed by atoms with E-state index in [1.807, 2.05) is 13.8 Å². The number of ether oxygens (including phenoxy) is 1. The Balaban J connectivity index is 2.76. The Kier molecular flexibility index (Phi) is 3.39. The lowest BCUT2D eigenvalue weighted by Crippen LogP contribution is -2.11. The van der Waals surface area contributed by atoms with E-state index in [0.717, 1.165) is 5.69 Å². The second-order valence-electron chi connectivity index (χ2n) is 2.80. The standard InChI is InChI=1S/C9H12N2O3/c1-3-7-10-6(2)4-8(11-7)14-5-9(12)13/h4H,3,5H2,1-2H3,(H,12,13). The molecule has 1 aromatic heterocycles. The molecule has 1 N–H and O–H groups in total. The summed E-state index contributed by atoms with van der Waals surface area (Å²) in [7, 11) is 0. The number of carbonyl (C=O) groups is 1. The smallest absolute Gasteiger partial charge is 0.341 e. The first-order valence-electron chi connectivity index (χ1n) is 4.31. The third-order valence-corrected chi connectivity index (χ3v) is 1.54. The lowest BCUT2D eigenvalue weighted by molar-refractivity contribution is -0.139. The number of carboxylic acids is 1. The first-order chi connectivity index (χ1) is 6.61. The van der Waals surface area contributed by atoms with Gasteiger partial charge in [-0.15, -0.1) is 0 Å². The fourth-order valence-corrected chi connectivity index (χ4v) is 0.967. The fraction of sp³-hybridized carbons (Fsp3) is 0.444. The largest absolute Gasteiger partial charge is 0.479 e. The zero-order chi connectivity index (χ0) is 10.6. The molecule has 0 amide bonds. The molecule has 1 aromatic rings. The van der Waals surface area contributed by atoms with Gasteiger partial charge in [0.25, 0.3) is 0 Å². The minimum absolute atomic E-state index is 0.316. The third-order valence-electron chi connectivity index (χ3n) is 1.54. The Hall–Kier alpha value is -1.65.